The third kappa shape index (κ3) is 3.20. The minimum atomic E-state index is -0.763. The quantitative estimate of drug-likeness (QED) is 0.678. The van der Waals surface area contributed by atoms with Gasteiger partial charge < -0.3 is 15.4 Å². The van der Waals surface area contributed by atoms with Crippen molar-refractivity contribution in [1.82, 2.24) is 9.78 Å². The average molecular weight is 343 g/mol. The maximum Gasteiger partial charge on any atom is 0.390 e. The lowest BCUT2D eigenvalue weighted by Gasteiger charge is -2.13. The van der Waals surface area contributed by atoms with Crippen LogP contribution < -0.4 is 5.32 Å². The molecule has 1 aromatic carbocycles. The zero-order chi connectivity index (χ0) is 16.4. The number of hydrogen-bond acceptors (Lipinski definition) is 4. The lowest BCUT2D eigenvalue weighted by Crippen LogP contribution is -2.25. The first-order valence-corrected chi connectivity index (χ1v) is 7.02. The molecular weight excluding hydrogens is 331 g/mol. The van der Waals surface area contributed by atoms with Crippen molar-refractivity contribution in [3.05, 3.63) is 50.1 Å². The highest BCUT2D eigenvalue weighted by Gasteiger charge is 2.25. The van der Waals surface area contributed by atoms with Crippen molar-refractivity contribution in [2.24, 2.45) is 0 Å². The number of anilines is 1. The number of nitrogens with one attached hydrogen (secondary N) is 1. The van der Waals surface area contributed by atoms with E-state index < -0.39 is 16.9 Å². The number of carbonyl (C=O) groups is 1. The minimum absolute atomic E-state index is 0.294. The van der Waals surface area contributed by atoms with Crippen LogP contribution in [0.5, 0.6) is 0 Å². The predicted octanol–water partition coefficient (Wildman–Crippen LogP) is 3.61. The number of amides is 1. The van der Waals surface area contributed by atoms with Crippen LogP contribution in [0.2, 0.25) is 10.0 Å². The molecule has 1 amide bonds. The van der Waals surface area contributed by atoms with E-state index in [-0.39, 0.29) is 5.82 Å². The van der Waals surface area contributed by atoms with Crippen LogP contribution in [0, 0.1) is 17.0 Å². The Labute approximate surface area is 136 Å². The molecule has 2 rings (SSSR count). The fourth-order valence-electron chi connectivity index (χ4n) is 1.91. The van der Waals surface area contributed by atoms with Crippen LogP contribution in [0.4, 0.5) is 11.5 Å². The highest BCUT2D eigenvalue weighted by atomic mass is 35.5. The van der Waals surface area contributed by atoms with E-state index in [4.69, 9.17) is 23.2 Å². The second-order valence-electron chi connectivity index (χ2n) is 4.61. The molecule has 0 aliphatic heterocycles. The Bertz CT molecular complexity index is 725. The number of rotatable bonds is 4. The number of halogens is 2. The van der Waals surface area contributed by atoms with Gasteiger partial charge in [-0.2, -0.15) is 4.68 Å². The molecule has 0 saturated heterocycles. The molecule has 9 heteroatoms. The monoisotopic (exact) mass is 342 g/mol. The molecule has 0 aliphatic carbocycles. The van der Waals surface area contributed by atoms with Gasteiger partial charge >= 0.3 is 5.82 Å². The van der Waals surface area contributed by atoms with Gasteiger partial charge in [0, 0.05) is 0 Å². The summed E-state index contributed by atoms with van der Waals surface area (Å²) in [5, 5.41) is 17.8. The fraction of sp³-hybridized carbons (Fsp3) is 0.231. The van der Waals surface area contributed by atoms with E-state index in [0.29, 0.717) is 21.4 Å². The highest BCUT2D eigenvalue weighted by Crippen LogP contribution is 2.30. The smallest absolute Gasteiger partial charge is 0.358 e. The van der Waals surface area contributed by atoms with Crippen LogP contribution in [0.1, 0.15) is 18.7 Å². The Hall–Kier alpha value is -2.12. The summed E-state index contributed by atoms with van der Waals surface area (Å²) in [6.45, 7) is 3.20. The number of aryl methyl sites for hydroxylation is 1. The Balaban J connectivity index is 2.24. The van der Waals surface area contributed by atoms with Gasteiger partial charge in [0.1, 0.15) is 6.04 Å². The topological polar surface area (TPSA) is 90.1 Å². The van der Waals surface area contributed by atoms with E-state index in [2.05, 4.69) is 10.4 Å². The molecule has 7 nitrogen and oxygen atoms in total. The zero-order valence-electron chi connectivity index (χ0n) is 11.7. The molecule has 1 aromatic heterocycles. The van der Waals surface area contributed by atoms with Crippen molar-refractivity contribution in [3.8, 4) is 0 Å². The summed E-state index contributed by atoms with van der Waals surface area (Å²) in [5.74, 6) is -0.746. The van der Waals surface area contributed by atoms with E-state index >= 15 is 0 Å². The first-order chi connectivity index (χ1) is 10.3. The first kappa shape index (κ1) is 16.3. The maximum absolute atomic E-state index is 12.3. The van der Waals surface area contributed by atoms with Crippen molar-refractivity contribution in [2.45, 2.75) is 19.9 Å². The van der Waals surface area contributed by atoms with E-state index in [9.17, 15) is 14.9 Å². The zero-order valence-corrected chi connectivity index (χ0v) is 13.2. The summed E-state index contributed by atoms with van der Waals surface area (Å²) >= 11 is 12.0. The molecular formula is C13H12Cl2N4O3. The van der Waals surface area contributed by atoms with Crippen LogP contribution in [-0.2, 0) is 4.79 Å². The Kier molecular flexibility index (Phi) is 4.68. The summed E-state index contributed by atoms with van der Waals surface area (Å²) in [4.78, 5) is 22.4. The number of aromatic nitrogens is 2. The number of nitrogens with zero attached hydrogens (tertiary/aromatic N) is 3. The largest absolute Gasteiger partial charge is 0.390 e. The predicted molar refractivity (Wildman–Crippen MR) is 83.4 cm³/mol. The van der Waals surface area contributed by atoms with E-state index in [0.717, 1.165) is 0 Å². The number of carbonyl (C=O) groups excluding carboxylic acids is 1. The summed E-state index contributed by atoms with van der Waals surface area (Å²) in [5.41, 5.74) is 0.793. The van der Waals surface area contributed by atoms with Crippen molar-refractivity contribution < 1.29 is 9.72 Å². The molecule has 1 heterocycles. The second kappa shape index (κ2) is 6.33. The van der Waals surface area contributed by atoms with Gasteiger partial charge in [-0.05, 0) is 30.9 Å². The maximum atomic E-state index is 12.3. The lowest BCUT2D eigenvalue weighted by atomic mass is 10.2. The average Bonchev–Trinajstić information content (AvgIpc) is 2.84. The van der Waals surface area contributed by atoms with Crippen LogP contribution in [0.15, 0.2) is 24.3 Å². The molecule has 0 bridgehead atoms. The summed E-state index contributed by atoms with van der Waals surface area (Å²) < 4.78 is 1.28. The van der Waals surface area contributed by atoms with Gasteiger partial charge in [0.15, 0.2) is 0 Å². The molecule has 0 saturated carbocycles. The van der Waals surface area contributed by atoms with Gasteiger partial charge in [0.25, 0.3) is 5.91 Å². The molecule has 0 radical (unpaired) electrons. The molecule has 1 unspecified atom stereocenters. The van der Waals surface area contributed by atoms with Crippen molar-refractivity contribution in [1.29, 1.82) is 0 Å². The minimum Gasteiger partial charge on any atom is -0.358 e. The Morgan fingerprint density at radius 2 is 2.00 bits per heavy atom. The standard InChI is InChI=1S/C13H12Cl2N4O3/c1-7-6-11(19(21)22)17-18(7)8(2)13(20)16-12-9(14)4-3-5-10(12)15/h3-6,8H,1-2H3,(H,16,20). The molecule has 22 heavy (non-hydrogen) atoms. The Morgan fingerprint density at radius 3 is 2.50 bits per heavy atom. The lowest BCUT2D eigenvalue weighted by molar-refractivity contribution is -0.389. The van der Waals surface area contributed by atoms with Gasteiger partial charge in [0.05, 0.1) is 32.6 Å². The number of nitro groups is 1. The molecule has 1 atom stereocenters. The molecule has 0 spiro atoms. The molecule has 0 fully saturated rings. The van der Waals surface area contributed by atoms with Gasteiger partial charge in [-0.25, -0.2) is 0 Å². The normalized spacial score (nSPS) is 12.0. The van der Waals surface area contributed by atoms with Gasteiger partial charge in [-0.15, -0.1) is 0 Å². The molecule has 2 aromatic rings. The first-order valence-electron chi connectivity index (χ1n) is 6.26. The van der Waals surface area contributed by atoms with Gasteiger partial charge in [-0.3, -0.25) is 4.79 Å². The molecule has 1 N–H and O–H groups in total. The number of benzene rings is 1. The van der Waals surface area contributed by atoms with Crippen LogP contribution in [-0.4, -0.2) is 20.6 Å². The van der Waals surface area contributed by atoms with Crippen LogP contribution >= 0.6 is 23.2 Å². The third-order valence-corrected chi connectivity index (χ3v) is 3.68. The van der Waals surface area contributed by atoms with Crippen molar-refractivity contribution in [3.63, 3.8) is 0 Å². The van der Waals surface area contributed by atoms with E-state index in [1.54, 1.807) is 32.0 Å². The second-order valence-corrected chi connectivity index (χ2v) is 5.42. The fourth-order valence-corrected chi connectivity index (χ4v) is 2.40. The van der Waals surface area contributed by atoms with Gasteiger partial charge in [-0.1, -0.05) is 29.3 Å². The molecule has 116 valence electrons. The Morgan fingerprint density at radius 1 is 1.41 bits per heavy atom. The van der Waals surface area contributed by atoms with Crippen LogP contribution in [0.25, 0.3) is 0 Å². The number of para-hydroxylation sites is 1. The van der Waals surface area contributed by atoms with Crippen molar-refractivity contribution >= 4 is 40.6 Å². The van der Waals surface area contributed by atoms with E-state index in [1.807, 2.05) is 0 Å². The third-order valence-electron chi connectivity index (χ3n) is 3.05. The van der Waals surface area contributed by atoms with E-state index in [1.165, 1.54) is 10.7 Å². The van der Waals surface area contributed by atoms with Crippen molar-refractivity contribution in [2.75, 3.05) is 5.32 Å². The molecule has 0 aliphatic rings. The van der Waals surface area contributed by atoms with Gasteiger partial charge in [0.2, 0.25) is 0 Å². The van der Waals surface area contributed by atoms with Crippen LogP contribution in [0.3, 0.4) is 0 Å². The highest BCUT2D eigenvalue weighted by molar-refractivity contribution is 6.39. The summed E-state index contributed by atoms with van der Waals surface area (Å²) in [7, 11) is 0. The summed E-state index contributed by atoms with van der Waals surface area (Å²) in [6, 6.07) is 5.38. The SMILES string of the molecule is Cc1cc([N+](=O)[O-])nn1C(C)C(=O)Nc1c(Cl)cccc1Cl. The summed E-state index contributed by atoms with van der Waals surface area (Å²) in [6.07, 6.45) is 0. The number of hydrogen-bond donors (Lipinski definition) is 1.